The van der Waals surface area contributed by atoms with Crippen LogP contribution in [-0.4, -0.2) is 39.7 Å². The number of pyridine rings is 1. The average molecular weight is 302 g/mol. The van der Waals surface area contributed by atoms with Crippen LogP contribution in [0.2, 0.25) is 0 Å². The number of nitrogens with zero attached hydrogens (tertiary/aromatic N) is 4. The third-order valence-electron chi connectivity index (χ3n) is 4.00. The van der Waals surface area contributed by atoms with Gasteiger partial charge in [-0.2, -0.15) is 4.98 Å². The normalized spacial score (nSPS) is 16.8. The first kappa shape index (κ1) is 15.0. The third kappa shape index (κ3) is 3.44. The lowest BCUT2D eigenvalue weighted by atomic mass is 9.99. The minimum atomic E-state index is 0.539. The van der Waals surface area contributed by atoms with Crippen LogP contribution in [0.3, 0.4) is 0 Å². The van der Waals surface area contributed by atoms with Gasteiger partial charge in [-0.15, -0.1) is 0 Å². The summed E-state index contributed by atoms with van der Waals surface area (Å²) < 4.78 is 10.9. The van der Waals surface area contributed by atoms with Crippen LogP contribution in [-0.2, 0) is 6.54 Å². The van der Waals surface area contributed by atoms with Gasteiger partial charge in [0.2, 0.25) is 17.6 Å². The molecule has 0 aliphatic carbocycles. The van der Waals surface area contributed by atoms with E-state index >= 15 is 0 Å². The minimum Gasteiger partial charge on any atom is -0.477 e. The lowest BCUT2D eigenvalue weighted by Crippen LogP contribution is -2.32. The van der Waals surface area contributed by atoms with Gasteiger partial charge in [0.25, 0.3) is 0 Å². The highest BCUT2D eigenvalue weighted by atomic mass is 16.5. The number of aromatic nitrogens is 3. The van der Waals surface area contributed by atoms with Crippen LogP contribution in [0.15, 0.2) is 22.9 Å². The van der Waals surface area contributed by atoms with Crippen LogP contribution >= 0.6 is 0 Å². The molecule has 22 heavy (non-hydrogen) atoms. The number of hydrogen-bond donors (Lipinski definition) is 0. The van der Waals surface area contributed by atoms with Crippen LogP contribution in [0.25, 0.3) is 11.4 Å². The summed E-state index contributed by atoms with van der Waals surface area (Å²) >= 11 is 0. The fraction of sp³-hybridized carbons (Fsp3) is 0.562. The van der Waals surface area contributed by atoms with Gasteiger partial charge in [0.1, 0.15) is 0 Å². The molecular weight excluding hydrogens is 280 g/mol. The first-order valence-corrected chi connectivity index (χ1v) is 7.89. The van der Waals surface area contributed by atoms with Crippen molar-refractivity contribution >= 4 is 0 Å². The topological polar surface area (TPSA) is 64.3 Å². The molecule has 6 heteroatoms. The van der Waals surface area contributed by atoms with E-state index in [2.05, 4.69) is 26.9 Å². The van der Waals surface area contributed by atoms with E-state index in [0.29, 0.717) is 30.7 Å². The van der Waals surface area contributed by atoms with Gasteiger partial charge in [-0.25, -0.2) is 4.98 Å². The maximum absolute atomic E-state index is 5.52. The second-order valence-electron chi connectivity index (χ2n) is 5.76. The standard InChI is InChI=1S/C16H22N4O2/c1-3-21-16-13(5-4-8-17-16)15-18-14(22-19-15)11-20-9-6-12(2)7-10-20/h4-5,8,12H,3,6-7,9-11H2,1-2H3. The molecule has 118 valence electrons. The SMILES string of the molecule is CCOc1ncccc1-c1noc(CN2CCC(C)CC2)n1. The Kier molecular flexibility index (Phi) is 4.68. The molecule has 2 aromatic rings. The van der Waals surface area contributed by atoms with Crippen molar-refractivity contribution < 1.29 is 9.26 Å². The van der Waals surface area contributed by atoms with Gasteiger partial charge in [0.05, 0.1) is 18.7 Å². The monoisotopic (exact) mass is 302 g/mol. The minimum absolute atomic E-state index is 0.539. The quantitative estimate of drug-likeness (QED) is 0.846. The second kappa shape index (κ2) is 6.87. The Bertz CT molecular complexity index is 606. The zero-order valence-electron chi connectivity index (χ0n) is 13.2. The van der Waals surface area contributed by atoms with Gasteiger partial charge >= 0.3 is 0 Å². The Labute approximate surface area is 130 Å². The first-order chi connectivity index (χ1) is 10.8. The van der Waals surface area contributed by atoms with Crippen LogP contribution in [0.5, 0.6) is 5.88 Å². The van der Waals surface area contributed by atoms with E-state index in [9.17, 15) is 0 Å². The van der Waals surface area contributed by atoms with Gasteiger partial charge in [-0.3, -0.25) is 4.90 Å². The molecule has 0 radical (unpaired) electrons. The molecule has 0 aromatic carbocycles. The van der Waals surface area contributed by atoms with E-state index in [1.165, 1.54) is 12.8 Å². The van der Waals surface area contributed by atoms with Crippen molar-refractivity contribution in [1.82, 2.24) is 20.0 Å². The Morgan fingerprint density at radius 1 is 1.36 bits per heavy atom. The zero-order valence-corrected chi connectivity index (χ0v) is 13.2. The summed E-state index contributed by atoms with van der Waals surface area (Å²) in [7, 11) is 0. The predicted molar refractivity (Wildman–Crippen MR) is 82.4 cm³/mol. The lowest BCUT2D eigenvalue weighted by molar-refractivity contribution is 0.165. The van der Waals surface area contributed by atoms with Crippen molar-refractivity contribution in [2.45, 2.75) is 33.2 Å². The van der Waals surface area contributed by atoms with Crippen molar-refractivity contribution in [3.8, 4) is 17.3 Å². The highest BCUT2D eigenvalue weighted by Crippen LogP contribution is 2.25. The predicted octanol–water partition coefficient (Wildman–Crippen LogP) is 2.76. The maximum atomic E-state index is 5.52. The second-order valence-corrected chi connectivity index (χ2v) is 5.76. The van der Waals surface area contributed by atoms with Gasteiger partial charge < -0.3 is 9.26 Å². The molecule has 0 saturated carbocycles. The number of rotatable bonds is 5. The van der Waals surface area contributed by atoms with Gasteiger partial charge in [0.15, 0.2) is 0 Å². The Hall–Kier alpha value is -1.95. The molecule has 0 N–H and O–H groups in total. The highest BCUT2D eigenvalue weighted by molar-refractivity contribution is 5.60. The molecule has 1 aliphatic heterocycles. The molecule has 1 saturated heterocycles. The average Bonchev–Trinajstić information content (AvgIpc) is 2.99. The van der Waals surface area contributed by atoms with Gasteiger partial charge in [0, 0.05) is 6.20 Å². The van der Waals surface area contributed by atoms with Crippen molar-refractivity contribution in [3.63, 3.8) is 0 Å². The van der Waals surface area contributed by atoms with Crippen molar-refractivity contribution in [3.05, 3.63) is 24.2 Å². The summed E-state index contributed by atoms with van der Waals surface area (Å²) in [6.45, 7) is 7.69. The summed E-state index contributed by atoms with van der Waals surface area (Å²) in [6.07, 6.45) is 4.17. The highest BCUT2D eigenvalue weighted by Gasteiger charge is 2.19. The fourth-order valence-electron chi connectivity index (χ4n) is 2.65. The smallest absolute Gasteiger partial charge is 0.241 e. The van der Waals surface area contributed by atoms with E-state index in [4.69, 9.17) is 9.26 Å². The zero-order chi connectivity index (χ0) is 15.4. The Balaban J connectivity index is 1.71. The molecule has 3 heterocycles. The molecule has 0 unspecified atom stereocenters. The van der Waals surface area contributed by atoms with E-state index in [1.807, 2.05) is 19.1 Å². The van der Waals surface area contributed by atoms with Crippen molar-refractivity contribution in [2.75, 3.05) is 19.7 Å². The van der Waals surface area contributed by atoms with Gasteiger partial charge in [-0.1, -0.05) is 12.1 Å². The lowest BCUT2D eigenvalue weighted by Gasteiger charge is -2.28. The maximum Gasteiger partial charge on any atom is 0.241 e. The van der Waals surface area contributed by atoms with E-state index < -0.39 is 0 Å². The molecule has 1 fully saturated rings. The summed E-state index contributed by atoms with van der Waals surface area (Å²) in [5.74, 6) is 2.55. The molecule has 0 amide bonds. The number of piperidine rings is 1. The van der Waals surface area contributed by atoms with E-state index in [-0.39, 0.29) is 0 Å². The number of ether oxygens (including phenoxy) is 1. The molecular formula is C16H22N4O2. The van der Waals surface area contributed by atoms with Crippen LogP contribution in [0.1, 0.15) is 32.6 Å². The van der Waals surface area contributed by atoms with E-state index in [1.54, 1.807) is 6.20 Å². The largest absolute Gasteiger partial charge is 0.477 e. The Morgan fingerprint density at radius 3 is 2.95 bits per heavy atom. The van der Waals surface area contributed by atoms with Gasteiger partial charge in [-0.05, 0) is 50.9 Å². The van der Waals surface area contributed by atoms with Crippen molar-refractivity contribution in [2.24, 2.45) is 5.92 Å². The van der Waals surface area contributed by atoms with Crippen LogP contribution in [0, 0.1) is 5.92 Å². The molecule has 3 rings (SSSR count). The van der Waals surface area contributed by atoms with Crippen LogP contribution < -0.4 is 4.74 Å². The number of likely N-dealkylation sites (tertiary alicyclic amines) is 1. The molecule has 2 aromatic heterocycles. The molecule has 0 bridgehead atoms. The van der Waals surface area contributed by atoms with E-state index in [0.717, 1.165) is 24.6 Å². The van der Waals surface area contributed by atoms with Crippen molar-refractivity contribution in [1.29, 1.82) is 0 Å². The summed E-state index contributed by atoms with van der Waals surface area (Å²) in [6, 6.07) is 3.75. The molecule has 6 nitrogen and oxygen atoms in total. The Morgan fingerprint density at radius 2 is 2.18 bits per heavy atom. The summed E-state index contributed by atoms with van der Waals surface area (Å²) in [4.78, 5) is 11.1. The van der Waals surface area contributed by atoms with Crippen LogP contribution in [0.4, 0.5) is 0 Å². The molecule has 0 atom stereocenters. The molecule has 1 aliphatic rings. The third-order valence-corrected chi connectivity index (χ3v) is 4.00. The first-order valence-electron chi connectivity index (χ1n) is 7.89. The molecule has 0 spiro atoms. The summed E-state index contributed by atoms with van der Waals surface area (Å²) in [5.41, 5.74) is 0.770. The number of hydrogen-bond acceptors (Lipinski definition) is 6. The summed E-state index contributed by atoms with van der Waals surface area (Å²) in [5, 5.41) is 4.08. The fourth-order valence-corrected chi connectivity index (χ4v) is 2.65.